The molecule has 148 valence electrons. The lowest BCUT2D eigenvalue weighted by Gasteiger charge is -2.35. The standard InChI is InChI=1S/C20H29ClN4O2/c21-17-7-3-4-8-18(17)22-19(26)15-23-11-13-24(14-12-23)16-20(27)25-9-5-1-2-6-10-25/h3-4,7-8H,1-2,5-6,9-16H2,(H,22,26). The van der Waals surface area contributed by atoms with Gasteiger partial charge in [0.2, 0.25) is 11.8 Å². The van der Waals surface area contributed by atoms with Gasteiger partial charge in [-0.25, -0.2) is 0 Å². The average molecular weight is 393 g/mol. The fourth-order valence-electron chi connectivity index (χ4n) is 3.67. The number of nitrogens with one attached hydrogen (secondary N) is 1. The Kier molecular flexibility index (Phi) is 7.50. The number of carbonyl (C=O) groups is 2. The molecule has 2 aliphatic rings. The van der Waals surface area contributed by atoms with Crippen molar-refractivity contribution in [3.05, 3.63) is 29.3 Å². The average Bonchev–Trinajstić information content (AvgIpc) is 2.95. The molecule has 27 heavy (non-hydrogen) atoms. The first kappa shape index (κ1) is 20.1. The third-order valence-corrected chi connectivity index (χ3v) is 5.63. The largest absolute Gasteiger partial charge is 0.342 e. The van der Waals surface area contributed by atoms with Gasteiger partial charge in [0.25, 0.3) is 0 Å². The molecule has 1 aromatic carbocycles. The van der Waals surface area contributed by atoms with Gasteiger partial charge in [-0.05, 0) is 25.0 Å². The maximum Gasteiger partial charge on any atom is 0.238 e. The molecule has 3 rings (SSSR count). The van der Waals surface area contributed by atoms with Crippen LogP contribution in [0.3, 0.4) is 0 Å². The van der Waals surface area contributed by atoms with Crippen molar-refractivity contribution in [1.29, 1.82) is 0 Å². The van der Waals surface area contributed by atoms with E-state index in [1.54, 1.807) is 12.1 Å². The summed E-state index contributed by atoms with van der Waals surface area (Å²) in [7, 11) is 0. The minimum Gasteiger partial charge on any atom is -0.342 e. The summed E-state index contributed by atoms with van der Waals surface area (Å²) in [4.78, 5) is 31.1. The van der Waals surface area contributed by atoms with Crippen LogP contribution in [0.5, 0.6) is 0 Å². The SMILES string of the molecule is O=C(CN1CCN(CC(=O)N2CCCCCC2)CC1)Nc1ccccc1Cl. The zero-order valence-electron chi connectivity index (χ0n) is 15.8. The quantitative estimate of drug-likeness (QED) is 0.835. The highest BCUT2D eigenvalue weighted by molar-refractivity contribution is 6.33. The lowest BCUT2D eigenvalue weighted by atomic mass is 10.2. The van der Waals surface area contributed by atoms with Gasteiger partial charge in [0, 0.05) is 39.3 Å². The fourth-order valence-corrected chi connectivity index (χ4v) is 3.86. The summed E-state index contributed by atoms with van der Waals surface area (Å²) in [5.74, 6) is 0.194. The molecule has 6 nitrogen and oxygen atoms in total. The van der Waals surface area contributed by atoms with Gasteiger partial charge in [-0.1, -0.05) is 36.6 Å². The summed E-state index contributed by atoms with van der Waals surface area (Å²) in [5.41, 5.74) is 0.644. The van der Waals surface area contributed by atoms with Crippen LogP contribution in [0.2, 0.25) is 5.02 Å². The number of likely N-dealkylation sites (tertiary alicyclic amines) is 1. The van der Waals surface area contributed by atoms with Crippen LogP contribution in [-0.4, -0.2) is 78.9 Å². The predicted molar refractivity (Wildman–Crippen MR) is 108 cm³/mol. The van der Waals surface area contributed by atoms with Crippen molar-refractivity contribution in [1.82, 2.24) is 14.7 Å². The summed E-state index contributed by atoms with van der Waals surface area (Å²) in [6.07, 6.45) is 4.72. The van der Waals surface area contributed by atoms with Gasteiger partial charge in [-0.3, -0.25) is 19.4 Å². The molecule has 0 spiro atoms. The predicted octanol–water partition coefficient (Wildman–Crippen LogP) is 2.30. The van der Waals surface area contributed by atoms with Crippen molar-refractivity contribution >= 4 is 29.1 Å². The van der Waals surface area contributed by atoms with Crippen molar-refractivity contribution in [3.63, 3.8) is 0 Å². The molecule has 0 atom stereocenters. The van der Waals surface area contributed by atoms with Crippen molar-refractivity contribution in [2.75, 3.05) is 57.7 Å². The molecule has 2 amide bonds. The van der Waals surface area contributed by atoms with Gasteiger partial charge in [-0.15, -0.1) is 0 Å². The summed E-state index contributed by atoms with van der Waals surface area (Å²) >= 11 is 6.08. The number of halogens is 1. The van der Waals surface area contributed by atoms with Gasteiger partial charge in [-0.2, -0.15) is 0 Å². The second-order valence-corrected chi connectivity index (χ2v) is 7.78. The molecule has 0 aliphatic carbocycles. The number of benzene rings is 1. The van der Waals surface area contributed by atoms with Crippen LogP contribution in [0.4, 0.5) is 5.69 Å². The van der Waals surface area contributed by atoms with E-state index in [4.69, 9.17) is 11.6 Å². The first-order valence-corrected chi connectivity index (χ1v) is 10.3. The lowest BCUT2D eigenvalue weighted by Crippen LogP contribution is -2.51. The van der Waals surface area contributed by atoms with Crippen molar-refractivity contribution in [2.24, 2.45) is 0 Å². The third kappa shape index (κ3) is 6.19. The third-order valence-electron chi connectivity index (χ3n) is 5.30. The topological polar surface area (TPSA) is 55.9 Å². The Hall–Kier alpha value is -1.63. The van der Waals surface area contributed by atoms with Crippen LogP contribution < -0.4 is 5.32 Å². The van der Waals surface area contributed by atoms with Crippen LogP contribution in [0.25, 0.3) is 0 Å². The Balaban J connectivity index is 1.39. The molecule has 0 saturated carbocycles. The molecule has 2 aliphatic heterocycles. The lowest BCUT2D eigenvalue weighted by molar-refractivity contribution is -0.133. The van der Waals surface area contributed by atoms with Crippen LogP contribution in [0, 0.1) is 0 Å². The first-order chi connectivity index (χ1) is 13.1. The van der Waals surface area contributed by atoms with E-state index in [1.165, 1.54) is 12.8 Å². The molecule has 0 unspecified atom stereocenters. The van der Waals surface area contributed by atoms with Gasteiger partial charge < -0.3 is 10.2 Å². The molecule has 2 saturated heterocycles. The summed E-state index contributed by atoms with van der Waals surface area (Å²) in [6, 6.07) is 7.25. The Labute approximate surface area is 166 Å². The van der Waals surface area contributed by atoms with Gasteiger partial charge in [0.1, 0.15) is 0 Å². The summed E-state index contributed by atoms with van der Waals surface area (Å²) < 4.78 is 0. The van der Waals surface area contributed by atoms with Crippen molar-refractivity contribution < 1.29 is 9.59 Å². The van der Waals surface area contributed by atoms with Gasteiger partial charge in [0.05, 0.1) is 23.8 Å². The molecular weight excluding hydrogens is 364 g/mol. The smallest absolute Gasteiger partial charge is 0.238 e. The monoisotopic (exact) mass is 392 g/mol. The maximum absolute atomic E-state index is 12.5. The summed E-state index contributed by atoms with van der Waals surface area (Å²) in [6.45, 7) is 5.88. The van der Waals surface area contributed by atoms with E-state index in [0.717, 1.165) is 52.1 Å². The van der Waals surface area contributed by atoms with E-state index < -0.39 is 0 Å². The Morgan fingerprint density at radius 3 is 2.07 bits per heavy atom. The van der Waals surface area contributed by atoms with Crippen LogP contribution in [0.1, 0.15) is 25.7 Å². The van der Waals surface area contributed by atoms with Crippen LogP contribution >= 0.6 is 11.6 Å². The van der Waals surface area contributed by atoms with E-state index in [2.05, 4.69) is 15.1 Å². The maximum atomic E-state index is 12.5. The molecule has 2 heterocycles. The van der Waals surface area contributed by atoms with E-state index in [9.17, 15) is 9.59 Å². The number of hydrogen-bond donors (Lipinski definition) is 1. The number of piperazine rings is 1. The molecule has 0 bridgehead atoms. The highest BCUT2D eigenvalue weighted by Gasteiger charge is 2.23. The Morgan fingerprint density at radius 1 is 0.852 bits per heavy atom. The molecule has 2 fully saturated rings. The number of rotatable bonds is 5. The second-order valence-electron chi connectivity index (χ2n) is 7.38. The van der Waals surface area contributed by atoms with Crippen molar-refractivity contribution in [2.45, 2.75) is 25.7 Å². The fraction of sp³-hybridized carbons (Fsp3) is 0.600. The number of hydrogen-bond acceptors (Lipinski definition) is 4. The van der Waals surface area contributed by atoms with E-state index >= 15 is 0 Å². The Bertz CT molecular complexity index is 639. The normalized spacial score (nSPS) is 19.5. The number of nitrogens with zero attached hydrogens (tertiary/aromatic N) is 3. The zero-order valence-corrected chi connectivity index (χ0v) is 16.6. The number of carbonyl (C=O) groups excluding carboxylic acids is 2. The molecule has 1 N–H and O–H groups in total. The van der Waals surface area contributed by atoms with E-state index in [0.29, 0.717) is 23.8 Å². The highest BCUT2D eigenvalue weighted by atomic mass is 35.5. The van der Waals surface area contributed by atoms with Gasteiger partial charge in [0.15, 0.2) is 0 Å². The molecule has 1 aromatic rings. The molecule has 0 radical (unpaired) electrons. The minimum absolute atomic E-state index is 0.0582. The summed E-state index contributed by atoms with van der Waals surface area (Å²) in [5, 5.41) is 3.41. The number of para-hydroxylation sites is 1. The van der Waals surface area contributed by atoms with Gasteiger partial charge >= 0.3 is 0 Å². The van der Waals surface area contributed by atoms with Crippen LogP contribution in [0.15, 0.2) is 24.3 Å². The van der Waals surface area contributed by atoms with E-state index in [1.807, 2.05) is 17.0 Å². The van der Waals surface area contributed by atoms with E-state index in [-0.39, 0.29) is 11.8 Å². The second kappa shape index (κ2) is 10.1. The molecule has 7 heteroatoms. The minimum atomic E-state index is -0.0582. The highest BCUT2D eigenvalue weighted by Crippen LogP contribution is 2.20. The molecular formula is C20H29ClN4O2. The Morgan fingerprint density at radius 2 is 1.44 bits per heavy atom. The van der Waals surface area contributed by atoms with Crippen molar-refractivity contribution in [3.8, 4) is 0 Å². The first-order valence-electron chi connectivity index (χ1n) is 9.89. The number of anilines is 1. The molecule has 0 aromatic heterocycles. The zero-order chi connectivity index (χ0) is 19.1. The van der Waals surface area contributed by atoms with Crippen LogP contribution in [-0.2, 0) is 9.59 Å². The number of amides is 2.